The van der Waals surface area contributed by atoms with E-state index in [2.05, 4.69) is 61.1 Å². The average Bonchev–Trinajstić information content (AvgIpc) is 3.27. The van der Waals surface area contributed by atoms with Gasteiger partial charge in [0.15, 0.2) is 12.6 Å². The van der Waals surface area contributed by atoms with Crippen LogP contribution in [0.1, 0.15) is 28.4 Å². The summed E-state index contributed by atoms with van der Waals surface area (Å²) in [5, 5.41) is 7.97. The minimum Gasteiger partial charge on any atom is -0.466 e. The van der Waals surface area contributed by atoms with Gasteiger partial charge >= 0.3 is 0 Å². The summed E-state index contributed by atoms with van der Waals surface area (Å²) in [7, 11) is -1.05. The highest BCUT2D eigenvalue weighted by molar-refractivity contribution is 6.83. The zero-order valence-electron chi connectivity index (χ0n) is 24.3. The highest BCUT2D eigenvalue weighted by Gasteiger charge is 2.28. The molecule has 1 fully saturated rings. The Morgan fingerprint density at radius 1 is 1.31 bits per heavy atom. The van der Waals surface area contributed by atoms with Crippen molar-refractivity contribution in [1.29, 1.82) is 0 Å². The van der Waals surface area contributed by atoms with E-state index in [4.69, 9.17) is 25.0 Å². The van der Waals surface area contributed by atoms with Crippen molar-refractivity contribution in [2.24, 2.45) is 16.6 Å². The van der Waals surface area contributed by atoms with Gasteiger partial charge in [0, 0.05) is 52.4 Å². The molecule has 3 N–H and O–H groups in total. The van der Waals surface area contributed by atoms with E-state index >= 15 is 0 Å². The van der Waals surface area contributed by atoms with Gasteiger partial charge in [-0.25, -0.2) is 0 Å². The third-order valence-corrected chi connectivity index (χ3v) is 8.74. The monoisotopic (exact) mass is 569 g/mol. The minimum atomic E-state index is -1.64. The number of amides is 1. The second kappa shape index (κ2) is 13.4. The van der Waals surface area contributed by atoms with Gasteiger partial charge in [-0.3, -0.25) is 9.48 Å². The van der Waals surface area contributed by atoms with E-state index in [9.17, 15) is 4.79 Å². The highest BCUT2D eigenvalue weighted by atomic mass is 28.3. The highest BCUT2D eigenvalue weighted by Crippen LogP contribution is 2.30. The Bertz CT molecular complexity index is 1220. The lowest BCUT2D eigenvalue weighted by Gasteiger charge is -2.29. The van der Waals surface area contributed by atoms with Gasteiger partial charge in [-0.05, 0) is 30.7 Å². The van der Waals surface area contributed by atoms with Crippen LogP contribution in [0.5, 0.6) is 5.75 Å². The molecule has 2 heterocycles. The van der Waals surface area contributed by atoms with Crippen LogP contribution in [-0.4, -0.2) is 71.7 Å². The molecule has 0 saturated carbocycles. The molecule has 1 aromatic carbocycles. The maximum absolute atomic E-state index is 12.3. The maximum atomic E-state index is 12.3. The van der Waals surface area contributed by atoms with Gasteiger partial charge in [0.25, 0.3) is 5.91 Å². The summed E-state index contributed by atoms with van der Waals surface area (Å²) in [4.78, 5) is 16.5. The zero-order chi connectivity index (χ0) is 28.6. The molecule has 3 rings (SSSR count). The lowest BCUT2D eigenvalue weighted by Crippen LogP contribution is -2.31. The maximum Gasteiger partial charge on any atom is 0.254 e. The first kappa shape index (κ1) is 30.6. The fourth-order valence-electron chi connectivity index (χ4n) is 3.98. The number of carbonyl (C=O) groups is 1. The van der Waals surface area contributed by atoms with Crippen molar-refractivity contribution in [3.63, 3.8) is 0 Å². The Labute approximate surface area is 234 Å². The molecule has 0 bridgehead atoms. The van der Waals surface area contributed by atoms with Crippen molar-refractivity contribution in [2.45, 2.75) is 57.8 Å². The SMILES string of the molecule is CN=C[C@H]1CCOCC1n1cc(C(N)=O)c(Nc2ccc(OCOCC[Si](C)(C)C)c(C#C[Si](C)(C)C)c2)n1. The van der Waals surface area contributed by atoms with Gasteiger partial charge < -0.3 is 30.3 Å². The molecule has 1 aromatic heterocycles. The lowest BCUT2D eigenvalue weighted by molar-refractivity contribution is 0.0219. The number of primary amides is 1. The van der Waals surface area contributed by atoms with Gasteiger partial charge in [0.1, 0.15) is 19.4 Å². The first-order valence-corrected chi connectivity index (χ1v) is 20.6. The van der Waals surface area contributed by atoms with Crippen LogP contribution in [0.4, 0.5) is 11.5 Å². The van der Waals surface area contributed by atoms with Crippen LogP contribution >= 0.6 is 0 Å². The molecule has 1 unspecified atom stereocenters. The Morgan fingerprint density at radius 3 is 2.74 bits per heavy atom. The molecule has 1 aliphatic heterocycles. The number of ether oxygens (including phenoxy) is 3. The number of nitrogens with one attached hydrogen (secondary N) is 1. The standard InChI is InChI=1S/C28H43N5O4Si2/c1-30-17-22-10-12-35-19-25(22)33-18-24(27(29)34)28(32-33)31-23-8-9-26(21(16-23)11-14-38(2,3)4)37-20-36-13-15-39(5,6)7/h8-9,16-18,22,25H,10,12-13,15,19-20H2,1-7H3,(H2,29,34)(H,31,32)/t22-,25?/m1/s1. The molecule has 0 aliphatic carbocycles. The van der Waals surface area contributed by atoms with Crippen LogP contribution in [0, 0.1) is 17.4 Å². The van der Waals surface area contributed by atoms with Crippen LogP contribution in [0.2, 0.25) is 45.3 Å². The quantitative estimate of drug-likeness (QED) is 0.131. The second-order valence-electron chi connectivity index (χ2n) is 12.1. The van der Waals surface area contributed by atoms with Crippen molar-refractivity contribution < 1.29 is 19.0 Å². The molecule has 2 aromatic rings. The smallest absolute Gasteiger partial charge is 0.254 e. The summed E-state index contributed by atoms with van der Waals surface area (Å²) in [6.45, 7) is 15.5. The predicted molar refractivity (Wildman–Crippen MR) is 163 cm³/mol. The summed E-state index contributed by atoms with van der Waals surface area (Å²) in [6, 6.07) is 6.64. The summed E-state index contributed by atoms with van der Waals surface area (Å²) >= 11 is 0. The number of hydrogen-bond acceptors (Lipinski definition) is 7. The van der Waals surface area contributed by atoms with Crippen LogP contribution in [0.25, 0.3) is 0 Å². The fraction of sp³-hybridized carbons (Fsp3) is 0.536. The molecule has 9 nitrogen and oxygen atoms in total. The molecule has 0 spiro atoms. The Morgan fingerprint density at radius 2 is 2.08 bits per heavy atom. The summed E-state index contributed by atoms with van der Waals surface area (Å²) < 4.78 is 19.2. The van der Waals surface area contributed by atoms with Crippen LogP contribution in [0.15, 0.2) is 29.4 Å². The van der Waals surface area contributed by atoms with Crippen molar-refractivity contribution >= 4 is 39.8 Å². The average molecular weight is 570 g/mol. The Kier molecular flexibility index (Phi) is 10.5. The molecule has 0 radical (unpaired) electrons. The number of aliphatic imine (C=N–C) groups is 1. The second-order valence-corrected chi connectivity index (χ2v) is 22.4. The molecule has 39 heavy (non-hydrogen) atoms. The van der Waals surface area contributed by atoms with Crippen molar-refractivity contribution in [3.05, 3.63) is 35.5 Å². The number of nitrogens with two attached hydrogens (primary N) is 1. The van der Waals surface area contributed by atoms with Gasteiger partial charge in [-0.1, -0.05) is 45.2 Å². The van der Waals surface area contributed by atoms with Crippen molar-refractivity contribution in [1.82, 2.24) is 9.78 Å². The topological polar surface area (TPSA) is 113 Å². The van der Waals surface area contributed by atoms with E-state index in [0.717, 1.165) is 23.7 Å². The van der Waals surface area contributed by atoms with Crippen LogP contribution < -0.4 is 15.8 Å². The van der Waals surface area contributed by atoms with E-state index in [1.807, 2.05) is 24.4 Å². The number of nitrogens with zero attached hydrogens (tertiary/aromatic N) is 3. The first-order valence-electron chi connectivity index (χ1n) is 13.4. The number of benzene rings is 1. The van der Waals surface area contributed by atoms with E-state index in [1.165, 1.54) is 0 Å². The predicted octanol–water partition coefficient (Wildman–Crippen LogP) is 4.92. The minimum absolute atomic E-state index is 0.0778. The molecule has 1 amide bonds. The molecule has 11 heteroatoms. The molecular weight excluding hydrogens is 527 g/mol. The molecule has 1 saturated heterocycles. The summed E-state index contributed by atoms with van der Waals surface area (Å²) in [6.07, 6.45) is 4.43. The largest absolute Gasteiger partial charge is 0.466 e. The molecule has 212 valence electrons. The van der Waals surface area contributed by atoms with Gasteiger partial charge in [0.2, 0.25) is 0 Å². The van der Waals surface area contributed by atoms with Crippen molar-refractivity contribution in [2.75, 3.05) is 39.0 Å². The molecular formula is C28H43N5O4Si2. The first-order chi connectivity index (χ1) is 18.4. The number of carbonyl (C=O) groups excluding carboxylic acids is 1. The lowest BCUT2D eigenvalue weighted by atomic mass is 9.96. The van der Waals surface area contributed by atoms with Crippen LogP contribution in [-0.2, 0) is 9.47 Å². The number of hydrogen-bond donors (Lipinski definition) is 2. The van der Waals surface area contributed by atoms with E-state index < -0.39 is 22.1 Å². The summed E-state index contributed by atoms with van der Waals surface area (Å²) in [5.74, 6) is 3.94. The van der Waals surface area contributed by atoms with Gasteiger partial charge in [0.05, 0.1) is 18.2 Å². The fourth-order valence-corrected chi connectivity index (χ4v) is 5.24. The number of rotatable bonds is 11. The van der Waals surface area contributed by atoms with E-state index in [0.29, 0.717) is 37.0 Å². The van der Waals surface area contributed by atoms with Gasteiger partial charge in [-0.2, -0.15) is 5.10 Å². The van der Waals surface area contributed by atoms with Gasteiger partial charge in [-0.15, -0.1) is 5.54 Å². The van der Waals surface area contributed by atoms with Crippen LogP contribution in [0.3, 0.4) is 0 Å². The summed E-state index contributed by atoms with van der Waals surface area (Å²) in [5.41, 5.74) is 10.9. The van der Waals surface area contributed by atoms with Crippen molar-refractivity contribution in [3.8, 4) is 17.2 Å². The van der Waals surface area contributed by atoms with E-state index in [-0.39, 0.29) is 18.8 Å². The zero-order valence-corrected chi connectivity index (χ0v) is 26.3. The van der Waals surface area contributed by atoms with E-state index in [1.54, 1.807) is 17.9 Å². The Hall–Kier alpha value is -2.92. The molecule has 1 aliphatic rings. The number of anilines is 2. The third kappa shape index (κ3) is 9.65. The number of aromatic nitrogens is 2. The Balaban J connectivity index is 1.85. The molecule has 2 atom stereocenters. The normalized spacial score (nSPS) is 18.0. The third-order valence-electron chi connectivity index (χ3n) is 6.16.